The van der Waals surface area contributed by atoms with Crippen LogP contribution in [0.1, 0.15) is 39.4 Å². The van der Waals surface area contributed by atoms with Gasteiger partial charge in [-0.2, -0.15) is 0 Å². The Balaban J connectivity index is 1.83. The number of hydrogen-bond donors (Lipinski definition) is 2. The van der Waals surface area contributed by atoms with Crippen molar-refractivity contribution in [2.45, 2.75) is 12.8 Å². The van der Waals surface area contributed by atoms with Crippen LogP contribution in [-0.2, 0) is 4.79 Å². The second-order valence-electron chi connectivity index (χ2n) is 5.75. The lowest BCUT2D eigenvalue weighted by Crippen LogP contribution is -2.42. The molecule has 1 fully saturated rings. The average molecular weight is 327 g/mol. The lowest BCUT2D eigenvalue weighted by molar-refractivity contribution is -0.143. The van der Waals surface area contributed by atoms with E-state index in [1.807, 2.05) is 0 Å². The van der Waals surface area contributed by atoms with Crippen LogP contribution >= 0.6 is 0 Å². The third kappa shape index (κ3) is 3.05. The number of aromatic amines is 1. The molecule has 2 aromatic rings. The summed E-state index contributed by atoms with van der Waals surface area (Å²) in [7, 11) is 0. The van der Waals surface area contributed by atoms with Gasteiger partial charge in [-0.05, 0) is 12.8 Å². The van der Waals surface area contributed by atoms with Crippen LogP contribution in [0.5, 0.6) is 0 Å². The van der Waals surface area contributed by atoms with E-state index in [-0.39, 0.29) is 23.7 Å². The molecule has 2 N–H and O–H groups in total. The normalized spacial score (nSPS) is 17.5. The number of hydrogen-bond acceptors (Lipinski definition) is 4. The quantitative estimate of drug-likeness (QED) is 0.830. The molecule has 1 unspecified atom stereocenters. The SMILES string of the molecule is O=C(c1ccccc1)c1nc[nH]c1C(=O)N1CCCC(C(=O)O)C1. The Hall–Kier alpha value is -2.96. The first-order chi connectivity index (χ1) is 11.6. The molecule has 124 valence electrons. The second-order valence-corrected chi connectivity index (χ2v) is 5.75. The number of ketones is 1. The zero-order chi connectivity index (χ0) is 17.1. The van der Waals surface area contributed by atoms with Crippen molar-refractivity contribution < 1.29 is 19.5 Å². The lowest BCUT2D eigenvalue weighted by atomic mass is 9.97. The van der Waals surface area contributed by atoms with E-state index in [1.165, 1.54) is 11.2 Å². The van der Waals surface area contributed by atoms with Crippen LogP contribution in [0.3, 0.4) is 0 Å². The highest BCUT2D eigenvalue weighted by molar-refractivity contribution is 6.13. The van der Waals surface area contributed by atoms with E-state index in [1.54, 1.807) is 30.3 Å². The molecule has 1 amide bonds. The van der Waals surface area contributed by atoms with E-state index in [2.05, 4.69) is 9.97 Å². The smallest absolute Gasteiger partial charge is 0.308 e. The summed E-state index contributed by atoms with van der Waals surface area (Å²) in [5, 5.41) is 9.15. The minimum atomic E-state index is -0.905. The van der Waals surface area contributed by atoms with Gasteiger partial charge in [-0.15, -0.1) is 0 Å². The number of carboxylic acids is 1. The van der Waals surface area contributed by atoms with Crippen molar-refractivity contribution in [1.82, 2.24) is 14.9 Å². The highest BCUT2D eigenvalue weighted by Gasteiger charge is 2.31. The second kappa shape index (κ2) is 6.66. The van der Waals surface area contributed by atoms with Gasteiger partial charge in [-0.25, -0.2) is 4.98 Å². The van der Waals surface area contributed by atoms with Gasteiger partial charge in [0.05, 0.1) is 12.2 Å². The molecule has 7 nitrogen and oxygen atoms in total. The van der Waals surface area contributed by atoms with Crippen LogP contribution in [0.25, 0.3) is 0 Å². The predicted molar refractivity (Wildman–Crippen MR) is 84.7 cm³/mol. The Morgan fingerprint density at radius 2 is 1.96 bits per heavy atom. The fraction of sp³-hybridized carbons (Fsp3) is 0.294. The Morgan fingerprint density at radius 3 is 2.67 bits per heavy atom. The molecule has 0 bridgehead atoms. The van der Waals surface area contributed by atoms with Crippen LogP contribution < -0.4 is 0 Å². The maximum absolute atomic E-state index is 12.7. The van der Waals surface area contributed by atoms with Gasteiger partial charge in [-0.3, -0.25) is 14.4 Å². The van der Waals surface area contributed by atoms with Crippen molar-refractivity contribution in [3.8, 4) is 0 Å². The van der Waals surface area contributed by atoms with Crippen molar-refractivity contribution in [1.29, 1.82) is 0 Å². The van der Waals surface area contributed by atoms with Gasteiger partial charge >= 0.3 is 5.97 Å². The first kappa shape index (κ1) is 15.9. The van der Waals surface area contributed by atoms with Crippen molar-refractivity contribution in [3.05, 3.63) is 53.6 Å². The minimum absolute atomic E-state index is 0.0589. The molecular weight excluding hydrogens is 310 g/mol. The van der Waals surface area contributed by atoms with Gasteiger partial charge in [0.15, 0.2) is 0 Å². The number of aromatic nitrogens is 2. The van der Waals surface area contributed by atoms with Crippen molar-refractivity contribution in [3.63, 3.8) is 0 Å². The van der Waals surface area contributed by atoms with Gasteiger partial charge in [0.25, 0.3) is 5.91 Å². The van der Waals surface area contributed by atoms with Crippen LogP contribution in [0, 0.1) is 5.92 Å². The molecule has 2 heterocycles. The van der Waals surface area contributed by atoms with Crippen LogP contribution in [0.4, 0.5) is 0 Å². The fourth-order valence-corrected chi connectivity index (χ4v) is 2.88. The maximum Gasteiger partial charge on any atom is 0.308 e. The first-order valence-electron chi connectivity index (χ1n) is 7.73. The topological polar surface area (TPSA) is 103 Å². The molecule has 0 spiro atoms. The molecule has 1 aliphatic heterocycles. The zero-order valence-corrected chi connectivity index (χ0v) is 12.9. The zero-order valence-electron chi connectivity index (χ0n) is 12.9. The Labute approximate surface area is 138 Å². The number of aliphatic carboxylic acids is 1. The van der Waals surface area contributed by atoms with E-state index in [0.29, 0.717) is 24.9 Å². The van der Waals surface area contributed by atoms with Crippen LogP contribution in [0.15, 0.2) is 36.7 Å². The number of nitrogens with zero attached hydrogens (tertiary/aromatic N) is 2. The molecule has 7 heteroatoms. The standard InChI is InChI=1S/C17H17N3O4/c21-15(11-5-2-1-3-6-11)13-14(19-10-18-13)16(22)20-8-4-7-12(9-20)17(23)24/h1-3,5-6,10,12H,4,7-9H2,(H,18,19)(H,23,24). The largest absolute Gasteiger partial charge is 0.481 e. The number of rotatable bonds is 4. The molecule has 0 aliphatic carbocycles. The van der Waals surface area contributed by atoms with E-state index in [4.69, 9.17) is 5.11 Å². The van der Waals surface area contributed by atoms with Gasteiger partial charge in [0.2, 0.25) is 5.78 Å². The summed E-state index contributed by atoms with van der Waals surface area (Å²) in [4.78, 5) is 44.6. The molecule has 24 heavy (non-hydrogen) atoms. The molecule has 1 saturated heterocycles. The molecule has 1 aliphatic rings. The highest BCUT2D eigenvalue weighted by atomic mass is 16.4. The summed E-state index contributed by atoms with van der Waals surface area (Å²) >= 11 is 0. The summed E-state index contributed by atoms with van der Waals surface area (Å²) in [5.74, 6) is -2.21. The maximum atomic E-state index is 12.7. The van der Waals surface area contributed by atoms with Crippen molar-refractivity contribution in [2.75, 3.05) is 13.1 Å². The number of carbonyl (C=O) groups is 3. The number of carboxylic acid groups (broad SMARTS) is 1. The van der Waals surface area contributed by atoms with Gasteiger partial charge in [-0.1, -0.05) is 30.3 Å². The number of benzene rings is 1. The number of piperidine rings is 1. The first-order valence-corrected chi connectivity index (χ1v) is 7.73. The van der Waals surface area contributed by atoms with Crippen molar-refractivity contribution in [2.24, 2.45) is 5.92 Å². The molecule has 3 rings (SSSR count). The summed E-state index contributed by atoms with van der Waals surface area (Å²) in [6.07, 6.45) is 2.48. The number of carbonyl (C=O) groups excluding carboxylic acids is 2. The van der Waals surface area contributed by atoms with E-state index >= 15 is 0 Å². The summed E-state index contributed by atoms with van der Waals surface area (Å²) < 4.78 is 0. The van der Waals surface area contributed by atoms with Gasteiger partial charge in [0, 0.05) is 18.7 Å². The molecule has 0 radical (unpaired) electrons. The minimum Gasteiger partial charge on any atom is -0.481 e. The monoisotopic (exact) mass is 327 g/mol. The number of imidazole rings is 1. The molecule has 1 atom stereocenters. The third-order valence-electron chi connectivity index (χ3n) is 4.16. The van der Waals surface area contributed by atoms with Gasteiger partial charge < -0.3 is 15.0 Å². The summed E-state index contributed by atoms with van der Waals surface area (Å²) in [5.41, 5.74) is 0.610. The van der Waals surface area contributed by atoms with Crippen LogP contribution in [0.2, 0.25) is 0 Å². The van der Waals surface area contributed by atoms with E-state index < -0.39 is 17.8 Å². The number of nitrogens with one attached hydrogen (secondary N) is 1. The summed E-state index contributed by atoms with van der Waals surface area (Å²) in [6.45, 7) is 0.618. The average Bonchev–Trinajstić information content (AvgIpc) is 3.11. The fourth-order valence-electron chi connectivity index (χ4n) is 2.88. The van der Waals surface area contributed by atoms with Crippen molar-refractivity contribution >= 4 is 17.7 Å². The number of amides is 1. The summed E-state index contributed by atoms with van der Waals surface area (Å²) in [6, 6.07) is 8.60. The predicted octanol–water partition coefficient (Wildman–Crippen LogP) is 1.58. The van der Waals surface area contributed by atoms with Gasteiger partial charge in [0.1, 0.15) is 11.4 Å². The highest BCUT2D eigenvalue weighted by Crippen LogP contribution is 2.20. The Morgan fingerprint density at radius 1 is 1.21 bits per heavy atom. The number of likely N-dealkylation sites (tertiary alicyclic amines) is 1. The number of H-pyrrole nitrogens is 1. The molecule has 1 aromatic heterocycles. The van der Waals surface area contributed by atoms with Crippen LogP contribution in [-0.4, -0.2) is 50.7 Å². The molecular formula is C17H17N3O4. The third-order valence-corrected chi connectivity index (χ3v) is 4.16. The Bertz CT molecular complexity index is 769. The lowest BCUT2D eigenvalue weighted by Gasteiger charge is -2.30. The van der Waals surface area contributed by atoms with E-state index in [0.717, 1.165) is 0 Å². The van der Waals surface area contributed by atoms with E-state index in [9.17, 15) is 14.4 Å². The molecule has 0 saturated carbocycles. The Kier molecular flexibility index (Phi) is 4.41. The molecule has 1 aromatic carbocycles.